The zero-order valence-corrected chi connectivity index (χ0v) is 28.8. The number of hydrogen-bond donors (Lipinski definition) is 2. The standard InChI is InChI=1S/C35H48N4O5Si/c1-8-17-38(18-9-2)33(41)28-20-27-15-14-26(21-30(27)36-31(22-28)37-34(42)43)24-10-12-25(13-11-24)32(40)39-19-16-29(23-39)44-45(6,7)35(3,4)5/h10-15,20-21,29H,8-9,16-19,22-23H2,1-7H3,(H,36,37)(H,42,43). The molecule has 1 unspecified atom stereocenters. The van der Waals surface area contributed by atoms with Crippen molar-refractivity contribution in [1.29, 1.82) is 0 Å². The van der Waals surface area contributed by atoms with Crippen LogP contribution in [0.3, 0.4) is 0 Å². The fourth-order valence-electron chi connectivity index (χ4n) is 5.53. The van der Waals surface area contributed by atoms with Gasteiger partial charge in [-0.05, 0) is 72.8 Å². The molecule has 0 bridgehead atoms. The second-order valence-electron chi connectivity index (χ2n) is 13.5. The summed E-state index contributed by atoms with van der Waals surface area (Å²) in [6, 6.07) is 13.3. The van der Waals surface area contributed by atoms with Gasteiger partial charge < -0.3 is 19.3 Å². The summed E-state index contributed by atoms with van der Waals surface area (Å²) < 4.78 is 6.56. The molecule has 1 atom stereocenters. The highest BCUT2D eigenvalue weighted by Gasteiger charge is 2.41. The summed E-state index contributed by atoms with van der Waals surface area (Å²) >= 11 is 0. The highest BCUT2D eigenvalue weighted by molar-refractivity contribution is 6.74. The zero-order chi connectivity index (χ0) is 32.9. The van der Waals surface area contributed by atoms with Gasteiger partial charge in [-0.25, -0.2) is 9.79 Å². The molecular weight excluding hydrogens is 584 g/mol. The van der Waals surface area contributed by atoms with Gasteiger partial charge in [-0.15, -0.1) is 0 Å². The van der Waals surface area contributed by atoms with Gasteiger partial charge in [-0.2, -0.15) is 0 Å². The Bertz CT molecular complexity index is 1470. The van der Waals surface area contributed by atoms with E-state index in [1.165, 1.54) is 0 Å². The van der Waals surface area contributed by atoms with Gasteiger partial charge in [0.05, 0.1) is 11.8 Å². The summed E-state index contributed by atoms with van der Waals surface area (Å²) in [6.07, 6.45) is 3.27. The maximum atomic E-state index is 13.5. The number of aliphatic imine (C=N–C) groups is 1. The van der Waals surface area contributed by atoms with Crippen LogP contribution < -0.4 is 5.32 Å². The summed E-state index contributed by atoms with van der Waals surface area (Å²) in [6.45, 7) is 17.8. The Kier molecular flexibility index (Phi) is 10.7. The lowest BCUT2D eigenvalue weighted by Crippen LogP contribution is -2.44. The molecule has 3 amide bonds. The van der Waals surface area contributed by atoms with E-state index < -0.39 is 14.4 Å². The Morgan fingerprint density at radius 2 is 1.69 bits per heavy atom. The van der Waals surface area contributed by atoms with Crippen molar-refractivity contribution in [2.24, 2.45) is 4.99 Å². The van der Waals surface area contributed by atoms with Gasteiger partial charge in [0.1, 0.15) is 5.84 Å². The van der Waals surface area contributed by atoms with Crippen molar-refractivity contribution in [2.75, 3.05) is 26.2 Å². The third-order valence-electron chi connectivity index (χ3n) is 8.94. The van der Waals surface area contributed by atoms with E-state index in [0.29, 0.717) is 43.0 Å². The summed E-state index contributed by atoms with van der Waals surface area (Å²) in [5.41, 5.74) is 4.21. The van der Waals surface area contributed by atoms with Gasteiger partial charge in [0.2, 0.25) is 5.91 Å². The van der Waals surface area contributed by atoms with Crippen molar-refractivity contribution in [1.82, 2.24) is 15.1 Å². The third kappa shape index (κ3) is 8.29. The number of carboxylic acid groups (broad SMARTS) is 1. The van der Waals surface area contributed by atoms with Crippen molar-refractivity contribution in [2.45, 2.75) is 84.5 Å². The molecule has 0 aromatic heterocycles. The predicted molar refractivity (Wildman–Crippen MR) is 182 cm³/mol. The number of carbonyl (C=O) groups is 3. The lowest BCUT2D eigenvalue weighted by Gasteiger charge is -2.38. The molecule has 45 heavy (non-hydrogen) atoms. The first-order valence-electron chi connectivity index (χ1n) is 16.0. The number of likely N-dealkylation sites (tertiary alicyclic amines) is 1. The van der Waals surface area contributed by atoms with Gasteiger partial charge in [-0.1, -0.05) is 58.9 Å². The molecule has 2 heterocycles. The molecule has 2 aliphatic rings. The van der Waals surface area contributed by atoms with E-state index in [-0.39, 0.29) is 35.2 Å². The number of fused-ring (bicyclic) bond motifs is 1. The minimum Gasteiger partial charge on any atom is -0.465 e. The maximum absolute atomic E-state index is 13.5. The Labute approximate surface area is 268 Å². The lowest BCUT2D eigenvalue weighted by molar-refractivity contribution is -0.127. The number of nitrogens with zero attached hydrogens (tertiary/aromatic N) is 3. The van der Waals surface area contributed by atoms with Crippen LogP contribution in [0.4, 0.5) is 10.5 Å². The van der Waals surface area contributed by atoms with E-state index in [9.17, 15) is 19.5 Å². The Balaban J connectivity index is 1.54. The van der Waals surface area contributed by atoms with Gasteiger partial charge in [0.15, 0.2) is 8.32 Å². The van der Waals surface area contributed by atoms with Crippen molar-refractivity contribution < 1.29 is 23.9 Å². The number of benzene rings is 2. The molecule has 242 valence electrons. The summed E-state index contributed by atoms with van der Waals surface area (Å²) in [5, 5.41) is 11.9. The lowest BCUT2D eigenvalue weighted by atomic mass is 9.99. The van der Waals surface area contributed by atoms with Gasteiger partial charge in [-0.3, -0.25) is 14.9 Å². The summed E-state index contributed by atoms with van der Waals surface area (Å²) in [7, 11) is -1.91. The van der Waals surface area contributed by atoms with E-state index in [2.05, 4.69) is 44.2 Å². The van der Waals surface area contributed by atoms with Crippen LogP contribution in [0, 0.1) is 0 Å². The average molecular weight is 633 g/mol. The molecule has 9 nitrogen and oxygen atoms in total. The number of hydrogen-bond acceptors (Lipinski definition) is 5. The SMILES string of the molecule is CCCN(CCC)C(=O)C1=Cc2ccc(-c3ccc(C(=O)N4CCC(O[Si](C)(C)C(C)(C)C)C4)cc3)cc2N=C(NC(=O)O)C1. The predicted octanol–water partition coefficient (Wildman–Crippen LogP) is 7.32. The molecular formula is C35H48N4O5Si. The van der Waals surface area contributed by atoms with Crippen molar-refractivity contribution >= 4 is 43.8 Å². The molecule has 2 aromatic carbocycles. The maximum Gasteiger partial charge on any atom is 0.410 e. The van der Waals surface area contributed by atoms with Crippen LogP contribution in [-0.4, -0.2) is 79.2 Å². The first-order valence-corrected chi connectivity index (χ1v) is 18.9. The molecule has 0 spiro atoms. The molecule has 1 saturated heterocycles. The van der Waals surface area contributed by atoms with Crippen LogP contribution >= 0.6 is 0 Å². The second kappa shape index (κ2) is 14.1. The van der Waals surface area contributed by atoms with E-state index in [1.807, 2.05) is 72.2 Å². The smallest absolute Gasteiger partial charge is 0.410 e. The van der Waals surface area contributed by atoms with E-state index in [0.717, 1.165) is 36.0 Å². The van der Waals surface area contributed by atoms with Gasteiger partial charge >= 0.3 is 6.09 Å². The Morgan fingerprint density at radius 3 is 2.29 bits per heavy atom. The third-order valence-corrected chi connectivity index (χ3v) is 13.5. The molecule has 2 aromatic rings. The van der Waals surface area contributed by atoms with Crippen LogP contribution in [0.2, 0.25) is 18.1 Å². The van der Waals surface area contributed by atoms with Crippen molar-refractivity contribution in [3.8, 4) is 11.1 Å². The van der Waals surface area contributed by atoms with E-state index in [1.54, 1.807) is 0 Å². The molecule has 2 aliphatic heterocycles. The molecule has 10 heteroatoms. The van der Waals surface area contributed by atoms with Crippen LogP contribution in [-0.2, 0) is 9.22 Å². The largest absolute Gasteiger partial charge is 0.465 e. The van der Waals surface area contributed by atoms with E-state index >= 15 is 0 Å². The highest BCUT2D eigenvalue weighted by atomic mass is 28.4. The summed E-state index contributed by atoms with van der Waals surface area (Å²) in [4.78, 5) is 46.7. The molecule has 0 saturated carbocycles. The quantitative estimate of drug-likeness (QED) is 0.281. The molecule has 4 rings (SSSR count). The number of rotatable bonds is 9. The average Bonchev–Trinajstić information content (AvgIpc) is 3.35. The van der Waals surface area contributed by atoms with Crippen molar-refractivity contribution in [3.05, 3.63) is 59.2 Å². The van der Waals surface area contributed by atoms with Gasteiger partial charge in [0, 0.05) is 49.3 Å². The first-order chi connectivity index (χ1) is 21.2. The monoisotopic (exact) mass is 632 g/mol. The Morgan fingerprint density at radius 1 is 1.04 bits per heavy atom. The number of nitrogens with one attached hydrogen (secondary N) is 1. The molecule has 0 radical (unpaired) electrons. The first kappa shape index (κ1) is 34.1. The Hall–Kier alpha value is -3.76. The fraction of sp³-hybridized carbons (Fsp3) is 0.486. The fourth-order valence-corrected chi connectivity index (χ4v) is 6.91. The molecule has 1 fully saturated rings. The van der Waals surface area contributed by atoms with Crippen LogP contribution in [0.15, 0.2) is 53.0 Å². The van der Waals surface area contributed by atoms with Crippen LogP contribution in [0.25, 0.3) is 17.2 Å². The number of carbonyl (C=O) groups excluding carboxylic acids is 2. The van der Waals surface area contributed by atoms with Gasteiger partial charge in [0.25, 0.3) is 5.91 Å². The number of amides is 3. The van der Waals surface area contributed by atoms with Crippen LogP contribution in [0.5, 0.6) is 0 Å². The number of amidine groups is 1. The normalized spacial score (nSPS) is 16.8. The zero-order valence-electron chi connectivity index (χ0n) is 27.8. The highest BCUT2D eigenvalue weighted by Crippen LogP contribution is 2.38. The minimum atomic E-state index is -1.91. The summed E-state index contributed by atoms with van der Waals surface area (Å²) in [5.74, 6) is 0.0984. The molecule has 2 N–H and O–H groups in total. The van der Waals surface area contributed by atoms with Crippen LogP contribution in [0.1, 0.15) is 76.2 Å². The molecule has 0 aliphatic carbocycles. The second-order valence-corrected chi connectivity index (χ2v) is 18.3. The van der Waals surface area contributed by atoms with E-state index in [4.69, 9.17) is 4.43 Å². The van der Waals surface area contributed by atoms with Crippen molar-refractivity contribution in [3.63, 3.8) is 0 Å². The minimum absolute atomic E-state index is 0.00122. The topological polar surface area (TPSA) is 112 Å².